The summed E-state index contributed by atoms with van der Waals surface area (Å²) >= 11 is 0. The van der Waals surface area contributed by atoms with E-state index < -0.39 is 54.2 Å². The molecule has 0 aromatic carbocycles. The first kappa shape index (κ1) is 24.3. The zero-order valence-electron chi connectivity index (χ0n) is 14.5. The van der Waals surface area contributed by atoms with E-state index in [9.17, 15) is 28.5 Å². The van der Waals surface area contributed by atoms with E-state index >= 15 is 0 Å². The summed E-state index contributed by atoms with van der Waals surface area (Å²) in [7, 11) is -16.5. The zero-order chi connectivity index (χ0) is 22.2. The quantitative estimate of drug-likeness (QED) is 0.247. The number of hydrogen-bond acceptors (Lipinski definition) is 11. The van der Waals surface area contributed by atoms with Gasteiger partial charge in [0.25, 0.3) is 0 Å². The second-order valence-corrected chi connectivity index (χ2v) is 10.2. The number of phosphoric acid groups is 3. The predicted molar refractivity (Wildman–Crippen MR) is 92.0 cm³/mol. The molecular formula is C10H18N3O13P3. The molecule has 1 aliphatic heterocycles. The largest absolute Gasteiger partial charge is 0.490 e. The van der Waals surface area contributed by atoms with E-state index in [2.05, 4.69) is 18.1 Å². The molecule has 0 amide bonds. The summed E-state index contributed by atoms with van der Waals surface area (Å²) in [6.45, 7) is 0.730. The third-order valence-electron chi connectivity index (χ3n) is 3.51. The normalized spacial score (nSPS) is 26.8. The van der Waals surface area contributed by atoms with Crippen LogP contribution in [0.15, 0.2) is 11.0 Å². The van der Waals surface area contributed by atoms with Gasteiger partial charge in [-0.2, -0.15) is 13.6 Å². The Hall–Kier alpha value is -0.990. The van der Waals surface area contributed by atoms with Gasteiger partial charge in [0.15, 0.2) is 0 Å². The fourth-order valence-corrected chi connectivity index (χ4v) is 5.32. The van der Waals surface area contributed by atoms with Crippen molar-refractivity contribution in [1.82, 2.24) is 9.55 Å². The lowest BCUT2D eigenvalue weighted by molar-refractivity contribution is -0.0449. The molecule has 0 radical (unpaired) electrons. The highest BCUT2D eigenvalue weighted by Crippen LogP contribution is 2.66. The van der Waals surface area contributed by atoms with Gasteiger partial charge in [-0.1, -0.05) is 0 Å². The summed E-state index contributed by atoms with van der Waals surface area (Å²) in [6.07, 6.45) is -2.35. The first-order chi connectivity index (χ1) is 13.1. The minimum atomic E-state index is -5.66. The average Bonchev–Trinajstić information content (AvgIpc) is 2.86. The topological polar surface area (TPSA) is 250 Å². The number of phosphoric ester groups is 1. The number of aromatic nitrogens is 2. The van der Waals surface area contributed by atoms with E-state index in [-0.39, 0.29) is 12.2 Å². The molecular weight excluding hydrogens is 463 g/mol. The first-order valence-corrected chi connectivity index (χ1v) is 12.1. The maximum atomic E-state index is 11.9. The monoisotopic (exact) mass is 481 g/mol. The van der Waals surface area contributed by atoms with Crippen molar-refractivity contribution in [3.8, 4) is 0 Å². The van der Waals surface area contributed by atoms with Gasteiger partial charge in [-0.15, -0.1) is 0 Å². The molecule has 2 heterocycles. The first-order valence-electron chi connectivity index (χ1n) is 7.56. The molecule has 1 fully saturated rings. The van der Waals surface area contributed by atoms with E-state index in [0.717, 1.165) is 4.57 Å². The maximum Gasteiger partial charge on any atom is 0.490 e. The lowest BCUT2D eigenvalue weighted by Gasteiger charge is -2.19. The Morgan fingerprint density at radius 2 is 1.86 bits per heavy atom. The number of ether oxygens (including phenoxy) is 1. The van der Waals surface area contributed by atoms with Gasteiger partial charge in [0.2, 0.25) is 0 Å². The lowest BCUT2D eigenvalue weighted by Crippen LogP contribution is -2.29. The molecule has 166 valence electrons. The second-order valence-electron chi connectivity index (χ2n) is 5.82. The van der Waals surface area contributed by atoms with Gasteiger partial charge in [-0.3, -0.25) is 9.09 Å². The molecule has 2 rings (SSSR count). The Morgan fingerprint density at radius 3 is 2.45 bits per heavy atom. The van der Waals surface area contributed by atoms with Crippen molar-refractivity contribution in [1.29, 1.82) is 0 Å². The highest BCUT2D eigenvalue weighted by molar-refractivity contribution is 7.66. The number of aliphatic hydroxyl groups excluding tert-OH is 1. The summed E-state index contributed by atoms with van der Waals surface area (Å²) in [5.41, 5.74) is 5.21. The number of anilines is 1. The molecule has 29 heavy (non-hydrogen) atoms. The van der Waals surface area contributed by atoms with Crippen molar-refractivity contribution in [3.05, 3.63) is 22.2 Å². The second kappa shape index (κ2) is 8.63. The van der Waals surface area contributed by atoms with Crippen LogP contribution in [-0.2, 0) is 31.6 Å². The van der Waals surface area contributed by atoms with Crippen LogP contribution in [0.3, 0.4) is 0 Å². The van der Waals surface area contributed by atoms with Gasteiger partial charge in [0.05, 0.1) is 12.7 Å². The van der Waals surface area contributed by atoms with Crippen molar-refractivity contribution in [2.75, 3.05) is 12.3 Å². The summed E-state index contributed by atoms with van der Waals surface area (Å²) in [6, 6.07) is 0. The molecule has 1 saturated heterocycles. The summed E-state index contributed by atoms with van der Waals surface area (Å²) in [4.78, 5) is 50.9. The molecule has 2 unspecified atom stereocenters. The van der Waals surface area contributed by atoms with Crippen LogP contribution in [0.4, 0.5) is 5.82 Å². The lowest BCUT2D eigenvalue weighted by atomic mass is 10.2. The van der Waals surface area contributed by atoms with Crippen molar-refractivity contribution >= 4 is 29.3 Å². The van der Waals surface area contributed by atoms with Gasteiger partial charge < -0.3 is 35.2 Å². The van der Waals surface area contributed by atoms with Crippen LogP contribution in [-0.4, -0.2) is 53.0 Å². The number of nitrogen functional groups attached to an aromatic ring is 1. The van der Waals surface area contributed by atoms with Crippen molar-refractivity contribution < 1.29 is 56.3 Å². The van der Waals surface area contributed by atoms with Crippen LogP contribution in [0, 0.1) is 6.92 Å². The van der Waals surface area contributed by atoms with Crippen molar-refractivity contribution in [3.63, 3.8) is 0 Å². The Bertz CT molecular complexity index is 960. The summed E-state index contributed by atoms with van der Waals surface area (Å²) < 4.78 is 51.5. The molecule has 1 aromatic heterocycles. The number of aliphatic hydroxyl groups is 1. The Kier molecular flexibility index (Phi) is 7.23. The number of nitrogens with zero attached hydrogens (tertiary/aromatic N) is 2. The molecule has 19 heteroatoms. The maximum absolute atomic E-state index is 11.9. The van der Waals surface area contributed by atoms with Crippen molar-refractivity contribution in [2.24, 2.45) is 0 Å². The number of hydrogen-bond donors (Lipinski definition) is 6. The average molecular weight is 481 g/mol. The molecule has 1 aromatic rings. The fraction of sp³-hybridized carbons (Fsp3) is 0.600. The highest BCUT2D eigenvalue weighted by atomic mass is 31.3. The highest BCUT2D eigenvalue weighted by Gasteiger charge is 2.42. The molecule has 16 nitrogen and oxygen atoms in total. The van der Waals surface area contributed by atoms with Crippen LogP contribution < -0.4 is 11.4 Å². The van der Waals surface area contributed by atoms with Crippen molar-refractivity contribution in [2.45, 2.75) is 31.8 Å². The molecule has 5 atom stereocenters. The fourth-order valence-electron chi connectivity index (χ4n) is 2.29. The van der Waals surface area contributed by atoms with Gasteiger partial charge in [-0.05, 0) is 6.92 Å². The van der Waals surface area contributed by atoms with Crippen LogP contribution in [0.2, 0.25) is 0 Å². The van der Waals surface area contributed by atoms with E-state index in [1.807, 2.05) is 0 Å². The number of rotatable bonds is 8. The van der Waals surface area contributed by atoms with Crippen LogP contribution >= 0.6 is 23.5 Å². The smallest absolute Gasteiger partial charge is 0.390 e. The van der Waals surface area contributed by atoms with Crippen LogP contribution in [0.25, 0.3) is 0 Å². The molecule has 1 aliphatic rings. The Morgan fingerprint density at radius 1 is 1.24 bits per heavy atom. The third-order valence-corrected chi connectivity index (χ3v) is 7.31. The molecule has 0 spiro atoms. The molecule has 0 bridgehead atoms. The standard InChI is InChI=1S/C10H18N3O13P3/c1-5-3-13(10(15)12-9(5)11)8-2-6(14)7(24-8)4-23-28(19,20)26-29(21,22)25-27(16,17)18/h3,6-8,14H,2,4H2,1H3,(H,19,20)(H,21,22)(H2,11,12,15)(H2,16,17,18)/t6-,7+,8+/m1/s1. The van der Waals surface area contributed by atoms with E-state index in [0.29, 0.717) is 5.56 Å². The predicted octanol–water partition coefficient (Wildman–Crippen LogP) is -0.874. The molecule has 0 aliphatic carbocycles. The van der Waals surface area contributed by atoms with Gasteiger partial charge in [0.1, 0.15) is 18.1 Å². The van der Waals surface area contributed by atoms with Crippen LogP contribution in [0.5, 0.6) is 0 Å². The molecule has 7 N–H and O–H groups in total. The van der Waals surface area contributed by atoms with Gasteiger partial charge in [0, 0.05) is 18.2 Å². The SMILES string of the molecule is Cc1cn([C@@H]2C[C@@H](O)[C@H](COP(=O)(O)OP(=O)(O)OP(=O)(O)O)O2)c(=O)nc1N. The van der Waals surface area contributed by atoms with E-state index in [1.165, 1.54) is 6.20 Å². The zero-order valence-corrected chi connectivity index (χ0v) is 17.2. The third kappa shape index (κ3) is 7.03. The summed E-state index contributed by atoms with van der Waals surface area (Å²) in [5.74, 6) is 0.00834. The van der Waals surface area contributed by atoms with Gasteiger partial charge in [-0.25, -0.2) is 18.5 Å². The minimum absolute atomic E-state index is 0.00834. The number of aryl methyl sites for hydroxylation is 1. The molecule has 0 saturated carbocycles. The Balaban J connectivity index is 2.02. The van der Waals surface area contributed by atoms with Gasteiger partial charge >= 0.3 is 29.2 Å². The minimum Gasteiger partial charge on any atom is -0.390 e. The van der Waals surface area contributed by atoms with E-state index in [1.54, 1.807) is 6.92 Å². The van der Waals surface area contributed by atoms with E-state index in [4.69, 9.17) is 25.2 Å². The summed E-state index contributed by atoms with van der Waals surface area (Å²) in [5, 5.41) is 10.0. The number of nitrogens with two attached hydrogens (primary N) is 1. The Labute approximate surface area is 162 Å². The van der Waals surface area contributed by atoms with Crippen LogP contribution in [0.1, 0.15) is 18.2 Å².